The number of aromatic nitrogens is 3. The van der Waals surface area contributed by atoms with Crippen molar-refractivity contribution in [3.8, 4) is 11.4 Å². The Morgan fingerprint density at radius 2 is 1.47 bits per heavy atom. The maximum Gasteiger partial charge on any atom is 0.303 e. The first kappa shape index (κ1) is 26.9. The van der Waals surface area contributed by atoms with E-state index >= 15 is 0 Å². The van der Waals surface area contributed by atoms with Crippen molar-refractivity contribution in [1.29, 1.82) is 0 Å². The van der Waals surface area contributed by atoms with Gasteiger partial charge in [0.2, 0.25) is 5.16 Å². The van der Waals surface area contributed by atoms with Gasteiger partial charge < -0.3 is 29.5 Å². The third-order valence-corrected chi connectivity index (χ3v) is 5.97. The molecule has 1 fully saturated rings. The van der Waals surface area contributed by atoms with Gasteiger partial charge in [0.1, 0.15) is 12.7 Å². The van der Waals surface area contributed by atoms with E-state index in [0.717, 1.165) is 32.5 Å². The topological polar surface area (TPSA) is 171 Å². The maximum atomic E-state index is 12.0. The molecule has 3 rings (SSSR count). The van der Waals surface area contributed by atoms with Crippen LogP contribution in [0.15, 0.2) is 35.5 Å². The molecular formula is C22H26N4O9S. The molecule has 2 aromatic rings. The number of hydrogen-bond acceptors (Lipinski definition) is 13. The summed E-state index contributed by atoms with van der Waals surface area (Å²) in [5.74, 6) is 3.84. The zero-order chi connectivity index (χ0) is 26.4. The van der Waals surface area contributed by atoms with Gasteiger partial charge >= 0.3 is 23.9 Å². The summed E-state index contributed by atoms with van der Waals surface area (Å²) in [7, 11) is 0. The molecule has 0 spiro atoms. The fourth-order valence-corrected chi connectivity index (χ4v) is 4.57. The summed E-state index contributed by atoms with van der Waals surface area (Å²) < 4.78 is 28.6. The minimum atomic E-state index is -1.29. The van der Waals surface area contributed by atoms with E-state index in [1.54, 1.807) is 12.1 Å². The highest BCUT2D eigenvalue weighted by Gasteiger charge is 2.52. The average Bonchev–Trinajstić information content (AvgIpc) is 3.16. The fraction of sp³-hybridized carbons (Fsp3) is 0.455. The van der Waals surface area contributed by atoms with Crippen molar-refractivity contribution in [2.45, 2.75) is 62.7 Å². The number of thioether (sulfide) groups is 1. The predicted molar refractivity (Wildman–Crippen MR) is 123 cm³/mol. The first-order valence-electron chi connectivity index (χ1n) is 10.8. The molecule has 2 heterocycles. The number of nitrogen functional groups attached to an aromatic ring is 1. The summed E-state index contributed by atoms with van der Waals surface area (Å²) in [4.78, 5) is 47.2. The summed E-state index contributed by atoms with van der Waals surface area (Å²) in [5.41, 5.74) is -0.360. The fourth-order valence-electron chi connectivity index (χ4n) is 3.53. The van der Waals surface area contributed by atoms with Gasteiger partial charge in [0.25, 0.3) is 0 Å². The van der Waals surface area contributed by atoms with Crippen LogP contribution in [-0.4, -0.2) is 75.2 Å². The zero-order valence-electron chi connectivity index (χ0n) is 20.0. The van der Waals surface area contributed by atoms with Crippen LogP contribution in [0.3, 0.4) is 0 Å². The molecule has 0 aliphatic carbocycles. The maximum absolute atomic E-state index is 12.0. The minimum Gasteiger partial charge on any atom is -0.463 e. The molecule has 1 aliphatic rings. The summed E-state index contributed by atoms with van der Waals surface area (Å²) >= 11 is 0.939. The number of hydrogen-bond donors (Lipinski definition) is 1. The standard InChI is InChI=1S/C22H26N4O9S/c1-11(27)31-10-16-17(32-12(2)28)18(33-13(3)29)19(34-14(4)30)21(35-16)36-22-25-24-20(26(22)23)15-8-6-5-7-9-15/h5-9,16-19,21H,10,23H2,1-4H3/t16-,17+,18+,19-,21-/m1/s1. The van der Waals surface area contributed by atoms with Crippen LogP contribution in [0.2, 0.25) is 0 Å². The molecule has 2 N–H and O–H groups in total. The number of rotatable bonds is 8. The van der Waals surface area contributed by atoms with Crippen molar-refractivity contribution >= 4 is 35.6 Å². The van der Waals surface area contributed by atoms with Gasteiger partial charge in [-0.25, -0.2) is 4.68 Å². The Balaban J connectivity index is 1.99. The van der Waals surface area contributed by atoms with Gasteiger partial charge in [-0.15, -0.1) is 10.2 Å². The molecular weight excluding hydrogens is 496 g/mol. The van der Waals surface area contributed by atoms with Crippen molar-refractivity contribution in [2.75, 3.05) is 12.4 Å². The smallest absolute Gasteiger partial charge is 0.303 e. The van der Waals surface area contributed by atoms with Crippen LogP contribution in [-0.2, 0) is 42.9 Å². The van der Waals surface area contributed by atoms with Crippen molar-refractivity contribution in [2.24, 2.45) is 0 Å². The van der Waals surface area contributed by atoms with Gasteiger partial charge in [-0.3, -0.25) is 19.2 Å². The Kier molecular flexibility index (Phi) is 8.88. The molecule has 0 saturated carbocycles. The minimum absolute atomic E-state index is 0.190. The number of ether oxygens (including phenoxy) is 5. The Morgan fingerprint density at radius 3 is 2.06 bits per heavy atom. The number of nitrogens with two attached hydrogens (primary N) is 1. The number of carbonyl (C=O) groups is 4. The molecule has 1 saturated heterocycles. The second kappa shape index (κ2) is 11.9. The monoisotopic (exact) mass is 522 g/mol. The molecule has 1 aromatic carbocycles. The second-order valence-corrected chi connectivity index (χ2v) is 8.79. The van der Waals surface area contributed by atoms with Crippen LogP contribution in [0, 0.1) is 0 Å². The molecule has 0 radical (unpaired) electrons. The Morgan fingerprint density at radius 1 is 0.889 bits per heavy atom. The lowest BCUT2D eigenvalue weighted by Gasteiger charge is -2.43. The molecule has 1 aromatic heterocycles. The quantitative estimate of drug-likeness (QED) is 0.294. The highest BCUT2D eigenvalue weighted by atomic mass is 32.2. The van der Waals surface area contributed by atoms with Crippen LogP contribution in [0.4, 0.5) is 0 Å². The van der Waals surface area contributed by atoms with E-state index in [1.165, 1.54) is 11.6 Å². The molecule has 0 unspecified atom stereocenters. The van der Waals surface area contributed by atoms with E-state index in [4.69, 9.17) is 29.5 Å². The van der Waals surface area contributed by atoms with E-state index in [0.29, 0.717) is 11.4 Å². The zero-order valence-corrected chi connectivity index (χ0v) is 20.8. The summed E-state index contributed by atoms with van der Waals surface area (Å²) in [6, 6.07) is 9.08. The SMILES string of the molecule is CC(=O)OC[C@H]1O[C@H](Sc2nnc(-c3ccccc3)n2N)[C@H](OC(C)=O)[C@@H](OC(C)=O)[C@H]1OC(C)=O. The van der Waals surface area contributed by atoms with Crippen LogP contribution in [0.25, 0.3) is 11.4 Å². The molecule has 194 valence electrons. The van der Waals surface area contributed by atoms with Crippen molar-refractivity contribution in [3.63, 3.8) is 0 Å². The van der Waals surface area contributed by atoms with E-state index < -0.39 is 53.7 Å². The lowest BCUT2D eigenvalue weighted by Crippen LogP contribution is -2.61. The van der Waals surface area contributed by atoms with E-state index in [-0.39, 0.29) is 11.8 Å². The van der Waals surface area contributed by atoms with Gasteiger partial charge in [-0.2, -0.15) is 0 Å². The first-order chi connectivity index (χ1) is 17.1. The third kappa shape index (κ3) is 6.73. The van der Waals surface area contributed by atoms with E-state index in [1.807, 2.05) is 18.2 Å². The lowest BCUT2D eigenvalue weighted by molar-refractivity contribution is -0.237. The largest absolute Gasteiger partial charge is 0.463 e. The Labute approximate surface area is 210 Å². The lowest BCUT2D eigenvalue weighted by atomic mass is 9.99. The molecule has 14 heteroatoms. The summed E-state index contributed by atoms with van der Waals surface area (Å²) in [5, 5.41) is 8.41. The number of nitrogens with zero attached hydrogens (tertiary/aromatic N) is 3. The van der Waals surface area contributed by atoms with Gasteiger partial charge in [0.15, 0.2) is 29.6 Å². The Hall–Kier alpha value is -3.65. The van der Waals surface area contributed by atoms with Crippen LogP contribution in [0.5, 0.6) is 0 Å². The van der Waals surface area contributed by atoms with Crippen LogP contribution >= 0.6 is 11.8 Å². The predicted octanol–water partition coefficient (Wildman–Crippen LogP) is 0.834. The Bertz CT molecular complexity index is 1110. The highest BCUT2D eigenvalue weighted by Crippen LogP contribution is 2.37. The van der Waals surface area contributed by atoms with E-state index in [2.05, 4.69) is 10.2 Å². The van der Waals surface area contributed by atoms with Gasteiger partial charge in [-0.05, 0) is 11.8 Å². The summed E-state index contributed by atoms with van der Waals surface area (Å²) in [6.45, 7) is 4.33. The molecule has 13 nitrogen and oxygen atoms in total. The number of benzene rings is 1. The normalized spacial score (nSPS) is 23.4. The first-order valence-corrected chi connectivity index (χ1v) is 11.7. The van der Waals surface area contributed by atoms with Gasteiger partial charge in [0, 0.05) is 33.3 Å². The van der Waals surface area contributed by atoms with Crippen LogP contribution in [0.1, 0.15) is 27.7 Å². The molecule has 5 atom stereocenters. The number of esters is 4. The molecule has 36 heavy (non-hydrogen) atoms. The summed E-state index contributed by atoms with van der Waals surface area (Å²) in [6.07, 6.45) is -4.85. The van der Waals surface area contributed by atoms with Crippen molar-refractivity contribution < 1.29 is 42.9 Å². The molecule has 0 bridgehead atoms. The molecule has 1 aliphatic heterocycles. The second-order valence-electron chi connectivity index (χ2n) is 7.73. The van der Waals surface area contributed by atoms with Gasteiger partial charge in [-0.1, -0.05) is 30.3 Å². The third-order valence-electron chi connectivity index (χ3n) is 4.87. The van der Waals surface area contributed by atoms with E-state index in [9.17, 15) is 19.2 Å². The van der Waals surface area contributed by atoms with Crippen molar-refractivity contribution in [3.05, 3.63) is 30.3 Å². The van der Waals surface area contributed by atoms with Crippen molar-refractivity contribution in [1.82, 2.24) is 14.9 Å². The van der Waals surface area contributed by atoms with Crippen LogP contribution < -0.4 is 5.84 Å². The average molecular weight is 523 g/mol. The molecule has 0 amide bonds. The highest BCUT2D eigenvalue weighted by molar-refractivity contribution is 7.99. The number of carbonyl (C=O) groups excluding carboxylic acids is 4. The van der Waals surface area contributed by atoms with Gasteiger partial charge in [0.05, 0.1) is 0 Å².